The molecule has 132 valence electrons. The molecule has 0 atom stereocenters. The second kappa shape index (κ2) is 6.67. The van der Waals surface area contributed by atoms with Gasteiger partial charge >= 0.3 is 0 Å². The van der Waals surface area contributed by atoms with E-state index in [1.54, 1.807) is 0 Å². The molecule has 0 radical (unpaired) electrons. The summed E-state index contributed by atoms with van der Waals surface area (Å²) < 4.78 is 8.11. The SMILES string of the molecule is CCc1nc2c(N)nc3cc(C)ccc3c2n1CCOc1ccccc1. The van der Waals surface area contributed by atoms with Gasteiger partial charge in [-0.25, -0.2) is 9.97 Å². The third kappa shape index (κ3) is 2.86. The molecule has 0 aliphatic rings. The lowest BCUT2D eigenvalue weighted by Crippen LogP contribution is -2.11. The first-order valence-electron chi connectivity index (χ1n) is 8.90. The van der Waals surface area contributed by atoms with Crippen molar-refractivity contribution in [2.75, 3.05) is 12.3 Å². The smallest absolute Gasteiger partial charge is 0.152 e. The van der Waals surface area contributed by atoms with Crippen LogP contribution >= 0.6 is 0 Å². The molecule has 4 aromatic rings. The van der Waals surface area contributed by atoms with E-state index in [1.165, 1.54) is 0 Å². The van der Waals surface area contributed by atoms with Crippen LogP contribution in [0.15, 0.2) is 48.5 Å². The fourth-order valence-electron chi connectivity index (χ4n) is 3.35. The van der Waals surface area contributed by atoms with Crippen LogP contribution in [0.1, 0.15) is 18.3 Å². The van der Waals surface area contributed by atoms with Gasteiger partial charge in [0, 0.05) is 11.8 Å². The lowest BCUT2D eigenvalue weighted by atomic mass is 10.1. The van der Waals surface area contributed by atoms with Gasteiger partial charge in [-0.2, -0.15) is 0 Å². The number of para-hydroxylation sites is 1. The number of anilines is 1. The molecule has 5 nitrogen and oxygen atoms in total. The summed E-state index contributed by atoms with van der Waals surface area (Å²) in [6, 6.07) is 16.1. The van der Waals surface area contributed by atoms with Crippen LogP contribution in [0.25, 0.3) is 21.9 Å². The molecule has 0 fully saturated rings. The minimum atomic E-state index is 0.482. The Kier molecular flexibility index (Phi) is 4.21. The van der Waals surface area contributed by atoms with E-state index in [9.17, 15) is 0 Å². The minimum absolute atomic E-state index is 0.482. The molecular formula is C21H22N4O. The van der Waals surface area contributed by atoms with Gasteiger partial charge in [-0.1, -0.05) is 37.3 Å². The summed E-state index contributed by atoms with van der Waals surface area (Å²) in [4.78, 5) is 9.30. The van der Waals surface area contributed by atoms with Crippen molar-refractivity contribution >= 4 is 27.8 Å². The first-order chi connectivity index (χ1) is 12.7. The maximum atomic E-state index is 6.21. The number of imidazole rings is 1. The zero-order valence-electron chi connectivity index (χ0n) is 15.1. The largest absolute Gasteiger partial charge is 0.492 e. The maximum Gasteiger partial charge on any atom is 0.152 e. The number of nitrogens with zero attached hydrogens (tertiary/aromatic N) is 3. The highest BCUT2D eigenvalue weighted by atomic mass is 16.5. The normalized spacial score (nSPS) is 11.3. The molecule has 0 bridgehead atoms. The number of hydrogen-bond acceptors (Lipinski definition) is 4. The third-order valence-electron chi connectivity index (χ3n) is 4.58. The zero-order valence-corrected chi connectivity index (χ0v) is 15.1. The van der Waals surface area contributed by atoms with Crippen molar-refractivity contribution < 1.29 is 4.74 Å². The van der Waals surface area contributed by atoms with E-state index in [4.69, 9.17) is 15.5 Å². The molecule has 5 heteroatoms. The average Bonchev–Trinajstić information content (AvgIpc) is 3.02. The average molecular weight is 346 g/mol. The van der Waals surface area contributed by atoms with E-state index >= 15 is 0 Å². The van der Waals surface area contributed by atoms with Crippen LogP contribution in [0, 0.1) is 6.92 Å². The summed E-state index contributed by atoms with van der Waals surface area (Å²) in [5.41, 5.74) is 10.1. The molecule has 0 aliphatic carbocycles. The van der Waals surface area contributed by atoms with Gasteiger partial charge in [0.25, 0.3) is 0 Å². The van der Waals surface area contributed by atoms with Crippen molar-refractivity contribution in [2.45, 2.75) is 26.8 Å². The van der Waals surface area contributed by atoms with E-state index in [2.05, 4.69) is 41.6 Å². The second-order valence-corrected chi connectivity index (χ2v) is 6.41. The predicted octanol–water partition coefficient (Wildman–Crippen LogP) is 4.12. The van der Waals surface area contributed by atoms with E-state index in [0.29, 0.717) is 19.0 Å². The summed E-state index contributed by atoms with van der Waals surface area (Å²) in [5, 5.41) is 1.08. The standard InChI is InChI=1S/C21H22N4O/c1-3-18-24-19-20(16-10-9-14(2)13-17(16)23-21(19)22)25(18)11-12-26-15-7-5-4-6-8-15/h4-10,13H,3,11-12H2,1-2H3,(H2,22,23). The number of ether oxygens (including phenoxy) is 1. The fourth-order valence-corrected chi connectivity index (χ4v) is 3.35. The fraction of sp³-hybridized carbons (Fsp3) is 0.238. The van der Waals surface area contributed by atoms with Gasteiger partial charge in [-0.3, -0.25) is 0 Å². The number of nitrogen functional groups attached to an aromatic ring is 1. The van der Waals surface area contributed by atoms with Gasteiger partial charge in [0.15, 0.2) is 5.82 Å². The first kappa shape index (κ1) is 16.4. The van der Waals surface area contributed by atoms with Crippen molar-refractivity contribution in [3.8, 4) is 5.75 Å². The zero-order chi connectivity index (χ0) is 18.1. The van der Waals surface area contributed by atoms with Crippen LogP contribution in [0.4, 0.5) is 5.82 Å². The van der Waals surface area contributed by atoms with Crippen molar-refractivity contribution in [3.05, 3.63) is 59.9 Å². The summed E-state index contributed by atoms with van der Waals surface area (Å²) in [6.45, 7) is 5.44. The van der Waals surface area contributed by atoms with E-state index < -0.39 is 0 Å². The van der Waals surface area contributed by atoms with Gasteiger partial charge in [-0.05, 0) is 30.7 Å². The minimum Gasteiger partial charge on any atom is -0.492 e. The van der Waals surface area contributed by atoms with Gasteiger partial charge in [0.2, 0.25) is 0 Å². The highest BCUT2D eigenvalue weighted by Gasteiger charge is 2.16. The van der Waals surface area contributed by atoms with Crippen LogP contribution in [-0.2, 0) is 13.0 Å². The summed E-state index contributed by atoms with van der Waals surface area (Å²) in [7, 11) is 0. The van der Waals surface area contributed by atoms with Crippen molar-refractivity contribution in [3.63, 3.8) is 0 Å². The summed E-state index contributed by atoms with van der Waals surface area (Å²) >= 11 is 0. The Bertz CT molecular complexity index is 1070. The van der Waals surface area contributed by atoms with Crippen LogP contribution in [0.2, 0.25) is 0 Å². The second-order valence-electron chi connectivity index (χ2n) is 6.41. The Hall–Kier alpha value is -3.08. The van der Waals surface area contributed by atoms with E-state index in [0.717, 1.165) is 45.5 Å². The highest BCUT2D eigenvalue weighted by Crippen LogP contribution is 2.29. The lowest BCUT2D eigenvalue weighted by molar-refractivity contribution is 0.298. The molecule has 26 heavy (non-hydrogen) atoms. The number of pyridine rings is 1. The molecule has 0 amide bonds. The maximum absolute atomic E-state index is 6.21. The number of aromatic nitrogens is 3. The molecule has 4 rings (SSSR count). The number of fused-ring (bicyclic) bond motifs is 3. The van der Waals surface area contributed by atoms with E-state index in [-0.39, 0.29) is 0 Å². The monoisotopic (exact) mass is 346 g/mol. The number of aryl methyl sites for hydroxylation is 2. The number of nitrogens with two attached hydrogens (primary N) is 1. The third-order valence-corrected chi connectivity index (χ3v) is 4.58. The first-order valence-corrected chi connectivity index (χ1v) is 8.90. The Balaban J connectivity index is 1.78. The van der Waals surface area contributed by atoms with Gasteiger partial charge in [0.1, 0.15) is 23.7 Å². The van der Waals surface area contributed by atoms with Gasteiger partial charge < -0.3 is 15.0 Å². The summed E-state index contributed by atoms with van der Waals surface area (Å²) in [6.07, 6.45) is 0.826. The Morgan fingerprint density at radius 1 is 1.08 bits per heavy atom. The number of rotatable bonds is 5. The Morgan fingerprint density at radius 3 is 2.65 bits per heavy atom. The summed E-state index contributed by atoms with van der Waals surface area (Å²) in [5.74, 6) is 2.35. The van der Waals surface area contributed by atoms with Crippen LogP contribution in [0.5, 0.6) is 5.75 Å². The molecule has 2 heterocycles. The topological polar surface area (TPSA) is 66.0 Å². The van der Waals surface area contributed by atoms with Gasteiger partial charge in [-0.15, -0.1) is 0 Å². The van der Waals surface area contributed by atoms with E-state index in [1.807, 2.05) is 30.3 Å². The quantitative estimate of drug-likeness (QED) is 0.590. The van der Waals surface area contributed by atoms with Gasteiger partial charge in [0.05, 0.1) is 17.6 Å². The Morgan fingerprint density at radius 2 is 1.88 bits per heavy atom. The molecule has 0 spiro atoms. The molecule has 2 N–H and O–H groups in total. The van der Waals surface area contributed by atoms with Crippen molar-refractivity contribution in [1.29, 1.82) is 0 Å². The Labute approximate surface area is 152 Å². The molecule has 0 unspecified atom stereocenters. The molecule has 2 aromatic heterocycles. The van der Waals surface area contributed by atoms with Crippen molar-refractivity contribution in [2.24, 2.45) is 0 Å². The number of hydrogen-bond donors (Lipinski definition) is 1. The molecule has 0 saturated carbocycles. The predicted molar refractivity (Wildman–Crippen MR) is 105 cm³/mol. The lowest BCUT2D eigenvalue weighted by Gasteiger charge is -2.11. The van der Waals surface area contributed by atoms with Crippen LogP contribution in [-0.4, -0.2) is 21.1 Å². The number of benzene rings is 2. The molecule has 0 saturated heterocycles. The molecular weight excluding hydrogens is 324 g/mol. The van der Waals surface area contributed by atoms with Crippen LogP contribution in [0.3, 0.4) is 0 Å². The molecule has 2 aromatic carbocycles. The van der Waals surface area contributed by atoms with Crippen molar-refractivity contribution in [1.82, 2.24) is 14.5 Å². The highest BCUT2D eigenvalue weighted by molar-refractivity contribution is 6.06. The molecule has 0 aliphatic heterocycles. The van der Waals surface area contributed by atoms with Crippen LogP contribution < -0.4 is 10.5 Å².